The van der Waals surface area contributed by atoms with Gasteiger partial charge in [0.05, 0.1) is 0 Å². The van der Waals surface area contributed by atoms with Crippen LogP contribution in [0.2, 0.25) is 0 Å². The van der Waals surface area contributed by atoms with Crippen LogP contribution in [0.3, 0.4) is 0 Å². The van der Waals surface area contributed by atoms with E-state index in [0.29, 0.717) is 0 Å². The van der Waals surface area contributed by atoms with Crippen LogP contribution in [-0.2, 0) is 20.8 Å². The Morgan fingerprint density at radius 2 is 0.667 bits per heavy atom. The fourth-order valence-electron chi connectivity index (χ4n) is 0. The third kappa shape index (κ3) is 293. The van der Waals surface area contributed by atoms with Gasteiger partial charge < -0.3 is 18.2 Å². The Bertz CT molecular complexity index is 213. The second-order valence-corrected chi connectivity index (χ2v) is 2.45. The normalized spacial score (nSPS) is 9.67. The van der Waals surface area contributed by atoms with Gasteiger partial charge in [-0.05, 0) is 0 Å². The largest absolute Gasteiger partial charge is 3.00 e. The van der Waals surface area contributed by atoms with E-state index >= 15 is 0 Å². The predicted molar refractivity (Wildman–Crippen MR) is 26.7 cm³/mol. The van der Waals surface area contributed by atoms with Gasteiger partial charge in [-0.1, -0.05) is 0 Å². The first kappa shape index (κ1) is 23.9. The van der Waals surface area contributed by atoms with Gasteiger partial charge in [0.25, 0.3) is 0 Å². The summed E-state index contributed by atoms with van der Waals surface area (Å²) < 4.78 is 68.2. The van der Waals surface area contributed by atoms with Crippen LogP contribution in [0.15, 0.2) is 0 Å². The van der Waals surface area contributed by atoms with Crippen molar-refractivity contribution in [1.82, 2.24) is 0 Å². The van der Waals surface area contributed by atoms with Crippen LogP contribution in [0.4, 0.5) is 0 Å². The maximum absolute atomic E-state index is 8.52. The summed E-state index contributed by atoms with van der Waals surface area (Å²) in [5.74, 6) is 0. The summed E-state index contributed by atoms with van der Waals surface area (Å²) in [5, 5.41) is 0. The molecule has 0 N–H and O–H groups in total. The second-order valence-electron chi connectivity index (χ2n) is 0.816. The molecule has 0 amide bonds. The summed E-state index contributed by atoms with van der Waals surface area (Å²) in [6.45, 7) is 0. The molecule has 0 aromatic rings. The smallest absolute Gasteiger partial charge is 0.759 e. The molecule has 0 radical (unpaired) electrons. The first-order chi connectivity index (χ1) is 4.00. The number of hydrogen-bond acceptors (Lipinski definition) is 8. The SMILES string of the molecule is O=S(=O)([O-])[O-].O=S(=O)([O-])[O-].[Al+3].[Cs+]. The van der Waals surface area contributed by atoms with Crippen molar-refractivity contribution in [3.8, 4) is 0 Å². The fraction of sp³-hybridized carbons (Fsp3) is 0. The summed E-state index contributed by atoms with van der Waals surface area (Å²) in [4.78, 5) is 0. The van der Waals surface area contributed by atoms with Crippen LogP contribution in [0.1, 0.15) is 0 Å². The topological polar surface area (TPSA) is 161 Å². The van der Waals surface area contributed by atoms with Crippen LogP contribution >= 0.6 is 0 Å². The van der Waals surface area contributed by atoms with E-state index < -0.39 is 20.8 Å². The molecule has 8 nitrogen and oxygen atoms in total. The summed E-state index contributed by atoms with van der Waals surface area (Å²) in [5.41, 5.74) is 0. The van der Waals surface area contributed by atoms with Crippen molar-refractivity contribution in [3.63, 3.8) is 0 Å². The Labute approximate surface area is 139 Å². The summed E-state index contributed by atoms with van der Waals surface area (Å²) >= 11 is 0. The Morgan fingerprint density at radius 3 is 0.667 bits per heavy atom. The minimum absolute atomic E-state index is 0. The molecule has 0 atom stereocenters. The van der Waals surface area contributed by atoms with Gasteiger partial charge in [-0.3, -0.25) is 16.8 Å². The van der Waals surface area contributed by atoms with Gasteiger partial charge in [0.15, 0.2) is 0 Å². The minimum Gasteiger partial charge on any atom is -0.759 e. The molecule has 0 fully saturated rings. The molecule has 0 heterocycles. The molecule has 0 saturated heterocycles. The van der Waals surface area contributed by atoms with Gasteiger partial charge in [0.1, 0.15) is 0 Å². The van der Waals surface area contributed by atoms with E-state index in [1.165, 1.54) is 0 Å². The molecule has 0 spiro atoms. The first-order valence-electron chi connectivity index (χ1n) is 1.33. The standard InChI is InChI=1S/Al.Cs.2H2O4S/c;;2*1-5(2,3)4/h;;2*(H2,1,2,3,4)/q+3;+1;;/p-4. The molecule has 0 aromatic heterocycles. The molecule has 12 heavy (non-hydrogen) atoms. The van der Waals surface area contributed by atoms with Crippen LogP contribution in [0.25, 0.3) is 0 Å². The summed E-state index contributed by atoms with van der Waals surface area (Å²) in [6.07, 6.45) is 0. The van der Waals surface area contributed by atoms with Crippen LogP contribution in [0, 0.1) is 0 Å². The molecule has 0 aliphatic rings. The van der Waals surface area contributed by atoms with Gasteiger partial charge in [-0.15, -0.1) is 0 Å². The molecule has 0 saturated carbocycles. The average Bonchev–Trinajstić information content (AvgIpc) is 1.12. The molecule has 12 heteroatoms. The zero-order chi connectivity index (χ0) is 9.00. The van der Waals surface area contributed by atoms with Crippen molar-refractivity contribution in [2.24, 2.45) is 0 Å². The van der Waals surface area contributed by atoms with Gasteiger partial charge in [-0.2, -0.15) is 0 Å². The van der Waals surface area contributed by atoms with Crippen molar-refractivity contribution in [2.75, 3.05) is 0 Å². The van der Waals surface area contributed by atoms with Crippen molar-refractivity contribution >= 4 is 38.2 Å². The molecule has 64 valence electrons. The zero-order valence-electron chi connectivity index (χ0n) is 5.66. The van der Waals surface area contributed by atoms with E-state index in [9.17, 15) is 0 Å². The van der Waals surface area contributed by atoms with E-state index in [4.69, 9.17) is 35.0 Å². The fourth-order valence-corrected chi connectivity index (χ4v) is 0. The Kier molecular flexibility index (Phi) is 19.6. The molecule has 0 aliphatic carbocycles. The quantitative estimate of drug-likeness (QED) is 0.236. The Hall–Kier alpha value is 2.32. The van der Waals surface area contributed by atoms with E-state index in [-0.39, 0.29) is 86.3 Å². The monoisotopic (exact) mass is 352 g/mol. The van der Waals surface area contributed by atoms with Crippen molar-refractivity contribution in [3.05, 3.63) is 0 Å². The second kappa shape index (κ2) is 9.86. The summed E-state index contributed by atoms with van der Waals surface area (Å²) in [7, 11) is -10.3. The molecule has 0 bridgehead atoms. The molecule has 0 rings (SSSR count). The van der Waals surface area contributed by atoms with Crippen LogP contribution in [0.5, 0.6) is 0 Å². The van der Waals surface area contributed by atoms with Crippen LogP contribution < -0.4 is 68.9 Å². The van der Waals surface area contributed by atoms with E-state index in [1.54, 1.807) is 0 Å². The maximum Gasteiger partial charge on any atom is 3.00 e. The van der Waals surface area contributed by atoms with E-state index in [1.807, 2.05) is 0 Å². The van der Waals surface area contributed by atoms with E-state index in [0.717, 1.165) is 0 Å². The Morgan fingerprint density at radius 1 is 0.667 bits per heavy atom. The molecule has 0 aromatic carbocycles. The zero-order valence-corrected chi connectivity index (χ0v) is 14.7. The minimum atomic E-state index is -5.17. The number of rotatable bonds is 0. The first-order valence-corrected chi connectivity index (χ1v) is 4.00. The molecular weight excluding hydrogens is 352 g/mol. The summed E-state index contributed by atoms with van der Waals surface area (Å²) in [6, 6.07) is 0. The van der Waals surface area contributed by atoms with Gasteiger partial charge in [0, 0.05) is 20.8 Å². The maximum atomic E-state index is 8.52. The third-order valence-electron chi connectivity index (χ3n) is 0. The molecule has 0 unspecified atom stereocenters. The Balaban J connectivity index is -0.0000000457. The van der Waals surface area contributed by atoms with E-state index in [2.05, 4.69) is 0 Å². The molecule has 0 aliphatic heterocycles. The molecular formula is AlCsO8S2. The van der Waals surface area contributed by atoms with Crippen LogP contribution in [-0.4, -0.2) is 52.4 Å². The number of hydrogen-bond donors (Lipinski definition) is 0. The van der Waals surface area contributed by atoms with Crippen molar-refractivity contribution in [2.45, 2.75) is 0 Å². The van der Waals surface area contributed by atoms with Crippen molar-refractivity contribution in [1.29, 1.82) is 0 Å². The third-order valence-corrected chi connectivity index (χ3v) is 0. The van der Waals surface area contributed by atoms with Gasteiger partial charge in [-0.25, -0.2) is 0 Å². The van der Waals surface area contributed by atoms with Gasteiger partial charge in [0.2, 0.25) is 0 Å². The van der Waals surface area contributed by atoms with Crippen molar-refractivity contribution < 1.29 is 104 Å². The average molecular weight is 352 g/mol. The predicted octanol–water partition coefficient (Wildman–Crippen LogP) is -6.05. The van der Waals surface area contributed by atoms with Gasteiger partial charge >= 0.3 is 86.3 Å².